The Labute approximate surface area is 157 Å². The molecule has 136 valence electrons. The van der Waals surface area contributed by atoms with Crippen molar-refractivity contribution in [2.45, 2.75) is 38.5 Å². The van der Waals surface area contributed by atoms with Gasteiger partial charge in [0.05, 0.1) is 13.2 Å². The van der Waals surface area contributed by atoms with Gasteiger partial charge in [0.1, 0.15) is 10.5 Å². The summed E-state index contributed by atoms with van der Waals surface area (Å²) in [5.74, 6) is 1.47. The molecule has 2 aromatic rings. The Morgan fingerprint density at radius 2 is 1.80 bits per heavy atom. The van der Waals surface area contributed by atoms with Crippen LogP contribution in [0.2, 0.25) is 5.02 Å². The van der Waals surface area contributed by atoms with Crippen molar-refractivity contribution < 1.29 is 14.0 Å². The zero-order valence-electron chi connectivity index (χ0n) is 15.0. The fourth-order valence-electron chi connectivity index (χ4n) is 2.01. The highest BCUT2D eigenvalue weighted by Gasteiger charge is 2.29. The zero-order chi connectivity index (χ0) is 18.6. The van der Waals surface area contributed by atoms with Gasteiger partial charge in [0.25, 0.3) is 0 Å². The molecule has 0 aliphatic rings. The molecule has 1 N–H and O–H groups in total. The van der Waals surface area contributed by atoms with Gasteiger partial charge < -0.3 is 14.0 Å². The fourth-order valence-corrected chi connectivity index (χ4v) is 2.94. The normalized spacial score (nSPS) is 14.0. The quantitative estimate of drug-likeness (QED) is 0.736. The van der Waals surface area contributed by atoms with E-state index in [1.54, 1.807) is 37.4 Å². The number of benzene rings is 1. The number of hydrogen-bond donors (Lipinski definition) is 1. The summed E-state index contributed by atoms with van der Waals surface area (Å²) < 4.78 is 26.1. The minimum absolute atomic E-state index is 0.188. The molecule has 0 saturated carbocycles. The number of nitrogens with one attached hydrogen (secondary N) is 1. The second kappa shape index (κ2) is 8.27. The molecule has 1 aromatic carbocycles. The first kappa shape index (κ1) is 19.8. The fraction of sp³-hybridized carbons (Fsp3) is 0.389. The smallest absolute Gasteiger partial charge is 0.222 e. The van der Waals surface area contributed by atoms with Crippen LogP contribution in [-0.2, 0) is 11.4 Å². The average molecular weight is 383 g/mol. The first-order valence-corrected chi connectivity index (χ1v) is 9.40. The number of rotatable bonds is 6. The standard InChI is InChI=1S/C18H23ClN2O3S/c1-12(21-25(22)18(2,3)4)15-10-11-16(20-17(15)23-5)24-14-8-6-13(19)7-9-14/h6-12,21H,1-5H3/t12-,25?/m0/s1. The molecule has 0 aliphatic heterocycles. The number of halogens is 1. The van der Waals surface area contributed by atoms with Crippen LogP contribution in [0.25, 0.3) is 0 Å². The maximum atomic E-state index is 12.3. The van der Waals surface area contributed by atoms with Crippen LogP contribution in [0.4, 0.5) is 0 Å². The van der Waals surface area contributed by atoms with E-state index < -0.39 is 11.4 Å². The van der Waals surface area contributed by atoms with Crippen molar-refractivity contribution in [2.24, 2.45) is 0 Å². The lowest BCUT2D eigenvalue weighted by atomic mass is 10.1. The molecule has 2 atom stereocenters. The van der Waals surface area contributed by atoms with E-state index in [4.69, 9.17) is 21.1 Å². The van der Waals surface area contributed by atoms with Gasteiger partial charge in [-0.1, -0.05) is 11.6 Å². The van der Waals surface area contributed by atoms with E-state index in [1.807, 2.05) is 33.8 Å². The van der Waals surface area contributed by atoms with Crippen molar-refractivity contribution in [2.75, 3.05) is 7.11 Å². The minimum atomic E-state index is -1.19. The topological polar surface area (TPSA) is 66.4 Å². The van der Waals surface area contributed by atoms with Crippen molar-refractivity contribution in [3.63, 3.8) is 0 Å². The van der Waals surface area contributed by atoms with Gasteiger partial charge in [-0.3, -0.25) is 0 Å². The molecule has 0 spiro atoms. The Balaban J connectivity index is 2.16. The number of pyridine rings is 1. The van der Waals surface area contributed by atoms with Crippen LogP contribution in [0.15, 0.2) is 36.4 Å². The van der Waals surface area contributed by atoms with Gasteiger partial charge in [-0.25, -0.2) is 0 Å². The van der Waals surface area contributed by atoms with Gasteiger partial charge in [0.15, 0.2) is 0 Å². The molecule has 0 bridgehead atoms. The zero-order valence-corrected chi connectivity index (χ0v) is 16.6. The summed E-state index contributed by atoms with van der Waals surface area (Å²) in [5, 5.41) is 0.639. The van der Waals surface area contributed by atoms with E-state index in [2.05, 4.69) is 9.71 Å². The summed E-state index contributed by atoms with van der Waals surface area (Å²) in [6, 6.07) is 10.4. The van der Waals surface area contributed by atoms with Crippen LogP contribution < -0.4 is 14.2 Å². The number of nitrogens with zero attached hydrogens (tertiary/aromatic N) is 1. The Morgan fingerprint density at radius 3 is 2.36 bits per heavy atom. The third kappa shape index (κ3) is 5.51. The molecule has 1 aromatic heterocycles. The molecule has 0 aliphatic carbocycles. The highest BCUT2D eigenvalue weighted by molar-refractivity contribution is 7.90. The first-order valence-electron chi connectivity index (χ1n) is 7.87. The van der Waals surface area contributed by atoms with Crippen molar-refractivity contribution >= 4 is 23.0 Å². The Hall–Kier alpha value is -1.47. The minimum Gasteiger partial charge on any atom is -0.598 e. The number of aromatic nitrogens is 1. The van der Waals surface area contributed by atoms with Gasteiger partial charge in [-0.05, 0) is 58.0 Å². The van der Waals surface area contributed by atoms with Crippen LogP contribution in [0, 0.1) is 0 Å². The number of ether oxygens (including phenoxy) is 2. The molecule has 0 amide bonds. The van der Waals surface area contributed by atoms with Crippen LogP contribution in [0.1, 0.15) is 39.3 Å². The molecule has 0 radical (unpaired) electrons. The van der Waals surface area contributed by atoms with Crippen LogP contribution in [-0.4, -0.2) is 21.4 Å². The van der Waals surface area contributed by atoms with Gasteiger partial charge in [-0.2, -0.15) is 4.98 Å². The number of methoxy groups -OCH3 is 1. The second-order valence-electron chi connectivity index (χ2n) is 6.52. The summed E-state index contributed by atoms with van der Waals surface area (Å²) in [6.07, 6.45) is 0. The van der Waals surface area contributed by atoms with E-state index in [1.165, 1.54) is 0 Å². The van der Waals surface area contributed by atoms with E-state index in [0.717, 1.165) is 5.56 Å². The summed E-state index contributed by atoms with van der Waals surface area (Å²) in [4.78, 5) is 4.38. The van der Waals surface area contributed by atoms with Crippen LogP contribution >= 0.6 is 11.6 Å². The highest BCUT2D eigenvalue weighted by Crippen LogP contribution is 2.30. The number of hydrogen-bond acceptors (Lipinski definition) is 5. The third-order valence-electron chi connectivity index (χ3n) is 3.40. The summed E-state index contributed by atoms with van der Waals surface area (Å²) in [5.41, 5.74) is 0.809. The van der Waals surface area contributed by atoms with E-state index >= 15 is 0 Å². The lowest BCUT2D eigenvalue weighted by molar-refractivity contribution is 0.374. The molecule has 25 heavy (non-hydrogen) atoms. The first-order chi connectivity index (χ1) is 11.7. The van der Waals surface area contributed by atoms with Crippen molar-refractivity contribution in [3.05, 3.63) is 47.0 Å². The largest absolute Gasteiger partial charge is 0.598 e. The predicted octanol–water partition coefficient (Wildman–Crippen LogP) is 4.65. The molecule has 0 saturated heterocycles. The molecule has 5 nitrogen and oxygen atoms in total. The van der Waals surface area contributed by atoms with Crippen molar-refractivity contribution in [3.8, 4) is 17.5 Å². The van der Waals surface area contributed by atoms with E-state index in [0.29, 0.717) is 22.5 Å². The van der Waals surface area contributed by atoms with Crippen LogP contribution in [0.5, 0.6) is 17.5 Å². The van der Waals surface area contributed by atoms with Gasteiger partial charge in [-0.15, -0.1) is 4.72 Å². The average Bonchev–Trinajstić information content (AvgIpc) is 2.55. The molecular formula is C18H23ClN2O3S. The lowest BCUT2D eigenvalue weighted by Crippen LogP contribution is -2.40. The predicted molar refractivity (Wildman–Crippen MR) is 102 cm³/mol. The summed E-state index contributed by atoms with van der Waals surface area (Å²) in [7, 11) is 1.55. The highest BCUT2D eigenvalue weighted by atomic mass is 35.5. The molecule has 2 rings (SSSR count). The monoisotopic (exact) mass is 382 g/mol. The van der Waals surface area contributed by atoms with Crippen molar-refractivity contribution in [1.29, 1.82) is 0 Å². The van der Waals surface area contributed by atoms with Crippen molar-refractivity contribution in [1.82, 2.24) is 9.71 Å². The Morgan fingerprint density at radius 1 is 1.16 bits per heavy atom. The molecule has 1 heterocycles. The molecule has 0 fully saturated rings. The van der Waals surface area contributed by atoms with Gasteiger partial charge >= 0.3 is 0 Å². The third-order valence-corrected chi connectivity index (χ3v) is 5.33. The maximum absolute atomic E-state index is 12.3. The Bertz CT molecular complexity index is 704. The lowest BCUT2D eigenvalue weighted by Gasteiger charge is -2.27. The van der Waals surface area contributed by atoms with E-state index in [9.17, 15) is 4.55 Å². The maximum Gasteiger partial charge on any atom is 0.222 e. The van der Waals surface area contributed by atoms with Gasteiger partial charge in [0.2, 0.25) is 11.8 Å². The molecular weight excluding hydrogens is 360 g/mol. The van der Waals surface area contributed by atoms with E-state index in [-0.39, 0.29) is 10.8 Å². The van der Waals surface area contributed by atoms with Gasteiger partial charge in [0, 0.05) is 28.0 Å². The SMILES string of the molecule is COc1nc(Oc2ccc(Cl)cc2)ccc1[C@H](C)N[S+]([O-])C(C)(C)C. The second-order valence-corrected chi connectivity index (χ2v) is 8.96. The molecule has 1 unspecified atom stereocenters. The van der Waals surface area contributed by atoms with Crippen LogP contribution in [0.3, 0.4) is 0 Å². The summed E-state index contributed by atoms with van der Waals surface area (Å²) >= 11 is 4.67. The summed E-state index contributed by atoms with van der Waals surface area (Å²) in [6.45, 7) is 7.67. The Kier molecular flexibility index (Phi) is 6.57. The molecule has 7 heteroatoms.